The van der Waals surface area contributed by atoms with Gasteiger partial charge in [-0.15, -0.1) is 0 Å². The molecule has 10 atom stereocenters. The summed E-state index contributed by atoms with van der Waals surface area (Å²) in [5, 5.41) is 21.5. The van der Waals surface area contributed by atoms with Crippen molar-refractivity contribution in [2.75, 3.05) is 26.2 Å². The maximum atomic E-state index is 14.4. The van der Waals surface area contributed by atoms with Crippen molar-refractivity contribution in [3.05, 3.63) is 0 Å². The van der Waals surface area contributed by atoms with E-state index in [0.29, 0.717) is 38.5 Å². The van der Waals surface area contributed by atoms with Crippen molar-refractivity contribution in [3.63, 3.8) is 0 Å². The molecule has 0 bridgehead atoms. The molecule has 16 N–H and O–H groups in total. The fraction of sp³-hybridized carbons (Fsp3) is 0.769. The van der Waals surface area contributed by atoms with Crippen molar-refractivity contribution >= 4 is 70.9 Å². The van der Waals surface area contributed by atoms with Crippen molar-refractivity contribution < 1.29 is 57.5 Å². The van der Waals surface area contributed by atoms with Crippen LogP contribution < -0.4 is 65.5 Å². The summed E-state index contributed by atoms with van der Waals surface area (Å²) in [5.74, 6) is -11.4. The van der Waals surface area contributed by atoms with E-state index in [-0.39, 0.29) is 76.5 Å². The number of unbranched alkanes of at least 4 members (excludes halogenated alkanes) is 2. The smallest absolute Gasteiger partial charge is 0.246 e. The van der Waals surface area contributed by atoms with Gasteiger partial charge in [0, 0.05) is 13.1 Å². The van der Waals surface area contributed by atoms with E-state index < -0.39 is 156 Å². The highest BCUT2D eigenvalue weighted by Gasteiger charge is 2.43. The molecule has 0 aliphatic carbocycles. The Kier molecular flexibility index (Phi) is 26.9. The first kappa shape index (κ1) is 65.8. The Morgan fingerprint density at radius 2 is 0.744 bits per heavy atom. The molecule has 0 spiro atoms. The third-order valence-corrected chi connectivity index (χ3v) is 14.1. The average Bonchev–Trinajstić information content (AvgIpc) is 4.06. The van der Waals surface area contributed by atoms with E-state index in [1.807, 2.05) is 0 Å². The number of hydrogen-bond acceptors (Lipinski definition) is 14. The van der Waals surface area contributed by atoms with Crippen LogP contribution in [0.2, 0.25) is 0 Å². The topological polar surface area (TPSA) is 412 Å². The minimum atomic E-state index is -1.59. The molecule has 0 aromatic heterocycles. The van der Waals surface area contributed by atoms with E-state index in [9.17, 15) is 57.5 Å². The third kappa shape index (κ3) is 20.1. The van der Waals surface area contributed by atoms with Crippen LogP contribution in [0.25, 0.3) is 0 Å². The molecular formula is C52H90N14O12. The first-order chi connectivity index (χ1) is 36.7. The number of amides is 12. The van der Waals surface area contributed by atoms with Crippen LogP contribution in [0.15, 0.2) is 0 Å². The van der Waals surface area contributed by atoms with Gasteiger partial charge in [-0.25, -0.2) is 0 Å². The molecule has 0 unspecified atom stereocenters. The number of carbonyl (C=O) groups excluding carboxylic acids is 12. The zero-order valence-electron chi connectivity index (χ0n) is 46.9. The lowest BCUT2D eigenvalue weighted by Crippen LogP contribution is -2.62. The van der Waals surface area contributed by atoms with Crippen LogP contribution in [0.3, 0.4) is 0 Å². The van der Waals surface area contributed by atoms with Gasteiger partial charge in [0.1, 0.15) is 60.4 Å². The third-order valence-electron chi connectivity index (χ3n) is 14.1. The van der Waals surface area contributed by atoms with Gasteiger partial charge >= 0.3 is 0 Å². The van der Waals surface area contributed by atoms with Crippen LogP contribution in [0.4, 0.5) is 0 Å². The highest BCUT2D eigenvalue weighted by Crippen LogP contribution is 2.23. The van der Waals surface area contributed by atoms with Crippen molar-refractivity contribution in [2.45, 2.75) is 206 Å². The Morgan fingerprint density at radius 3 is 1.04 bits per heavy atom. The van der Waals surface area contributed by atoms with Crippen LogP contribution in [-0.4, -0.2) is 167 Å². The SMILES string of the molecule is CC(C)C[C@@H]1NC(=O)[C@H](CCCCN)NC(=O)[C@H](C(C)C)NC(=O)[C@@H]2CCCN2C(=O)[C@H](CC(N)=O)NC(=O)[C@H](CC(C)C)NC(=O)[C@H](CCCCN)NC(=O)[C@H](C(C)C)NC(=O)[C@@H]2CCCN2C(=O)[C@H](CC(N)=O)NC1=O. The molecule has 3 heterocycles. The summed E-state index contributed by atoms with van der Waals surface area (Å²) in [6.07, 6.45) is 1.40. The Bertz CT molecular complexity index is 1990. The normalized spacial score (nSPS) is 27.3. The summed E-state index contributed by atoms with van der Waals surface area (Å²) in [5.41, 5.74) is 22.8. The van der Waals surface area contributed by atoms with E-state index in [4.69, 9.17) is 22.9 Å². The molecule has 3 fully saturated rings. The van der Waals surface area contributed by atoms with Gasteiger partial charge in [-0.2, -0.15) is 0 Å². The van der Waals surface area contributed by atoms with Crippen LogP contribution in [0.5, 0.6) is 0 Å². The van der Waals surface area contributed by atoms with Gasteiger partial charge < -0.3 is 75.3 Å². The second kappa shape index (κ2) is 31.8. The molecule has 26 nitrogen and oxygen atoms in total. The van der Waals surface area contributed by atoms with Gasteiger partial charge in [-0.05, 0) is 114 Å². The number of fused-ring (bicyclic) bond motifs is 2. The van der Waals surface area contributed by atoms with E-state index in [2.05, 4.69) is 42.5 Å². The second-order valence-corrected chi connectivity index (χ2v) is 22.4. The molecule has 78 heavy (non-hydrogen) atoms. The molecule has 440 valence electrons. The van der Waals surface area contributed by atoms with Crippen LogP contribution in [0, 0.1) is 23.7 Å². The molecule has 0 aromatic carbocycles. The number of carbonyl (C=O) groups is 12. The Hall–Kier alpha value is -6.44. The van der Waals surface area contributed by atoms with Crippen molar-refractivity contribution in [1.29, 1.82) is 0 Å². The fourth-order valence-corrected chi connectivity index (χ4v) is 9.92. The van der Waals surface area contributed by atoms with Crippen LogP contribution in [-0.2, 0) is 57.5 Å². The van der Waals surface area contributed by atoms with Gasteiger partial charge in [0.2, 0.25) is 70.9 Å². The largest absolute Gasteiger partial charge is 0.370 e. The number of nitrogens with zero attached hydrogens (tertiary/aromatic N) is 2. The summed E-state index contributed by atoms with van der Waals surface area (Å²) >= 11 is 0. The second-order valence-electron chi connectivity index (χ2n) is 22.4. The van der Waals surface area contributed by atoms with Crippen LogP contribution in [0.1, 0.15) is 145 Å². The number of hydrogen-bond donors (Lipinski definition) is 12. The number of nitrogens with two attached hydrogens (primary N) is 4. The van der Waals surface area contributed by atoms with Crippen molar-refractivity contribution in [2.24, 2.45) is 46.6 Å². The maximum Gasteiger partial charge on any atom is 0.246 e. The molecule has 3 aliphatic heterocycles. The quantitative estimate of drug-likeness (QED) is 0.0621. The maximum absolute atomic E-state index is 14.4. The molecule has 0 saturated carbocycles. The highest BCUT2D eigenvalue weighted by atomic mass is 16.2. The average molecular weight is 1100 g/mol. The van der Waals surface area contributed by atoms with Gasteiger partial charge in [-0.3, -0.25) is 57.5 Å². The van der Waals surface area contributed by atoms with Crippen LogP contribution >= 0.6 is 0 Å². The minimum absolute atomic E-state index is 0.0274. The zero-order valence-corrected chi connectivity index (χ0v) is 46.9. The Morgan fingerprint density at radius 1 is 0.436 bits per heavy atom. The summed E-state index contributed by atoms with van der Waals surface area (Å²) in [4.78, 5) is 170. The zero-order chi connectivity index (χ0) is 58.6. The lowest BCUT2D eigenvalue weighted by molar-refractivity contribution is -0.144. The predicted molar refractivity (Wildman–Crippen MR) is 287 cm³/mol. The predicted octanol–water partition coefficient (Wildman–Crippen LogP) is -2.73. The lowest BCUT2D eigenvalue weighted by Gasteiger charge is -2.32. The standard InChI is InChI=1S/C52H90N14O12/c1-27(2)23-33-45(71)61-35(25-39(55)67)51(77)65-21-13-17-37(65)47(73)64-42(30(7)8)50(76)58-32(16-10-12-20-54)44(70)60-34(24-28(3)4)46(72)62-36(26-40(56)68)52(78)66-22-14-18-38(66)48(74)63-41(29(5)6)49(75)57-31(43(69)59-33)15-9-11-19-53/h27-38,41-42H,9-26,53-54H2,1-8H3,(H2,55,67)(H2,56,68)(H,57,75)(H,58,76)(H,59,69)(H,60,70)(H,61,71)(H,62,72)(H,63,74)(H,64,73)/t31-,32-,33-,34-,35-,36-,37-,38-,41-,42-/m0/s1. The van der Waals surface area contributed by atoms with Gasteiger partial charge in [0.15, 0.2) is 0 Å². The molecule has 0 radical (unpaired) electrons. The number of rotatable bonds is 18. The summed E-state index contributed by atoms with van der Waals surface area (Å²) in [6, 6.07) is -13.3. The molecule has 3 aliphatic rings. The van der Waals surface area contributed by atoms with E-state index in [1.165, 1.54) is 9.80 Å². The van der Waals surface area contributed by atoms with E-state index in [0.717, 1.165) is 0 Å². The molecule has 12 amide bonds. The van der Waals surface area contributed by atoms with Gasteiger partial charge in [0.05, 0.1) is 12.8 Å². The fourth-order valence-electron chi connectivity index (χ4n) is 9.92. The lowest BCUT2D eigenvalue weighted by atomic mass is 9.99. The number of nitrogens with one attached hydrogen (secondary N) is 8. The molecule has 3 saturated heterocycles. The first-order valence-corrected chi connectivity index (χ1v) is 27.7. The Balaban J connectivity index is 2.20. The molecule has 3 rings (SSSR count). The molecule has 0 aromatic rings. The highest BCUT2D eigenvalue weighted by molar-refractivity contribution is 6.01. The molecular weight excluding hydrogens is 1010 g/mol. The van der Waals surface area contributed by atoms with Crippen molar-refractivity contribution in [3.8, 4) is 0 Å². The van der Waals surface area contributed by atoms with Crippen molar-refractivity contribution in [1.82, 2.24) is 52.3 Å². The first-order valence-electron chi connectivity index (χ1n) is 27.7. The van der Waals surface area contributed by atoms with E-state index in [1.54, 1.807) is 55.4 Å². The summed E-state index contributed by atoms with van der Waals surface area (Å²) in [7, 11) is 0. The van der Waals surface area contributed by atoms with E-state index >= 15 is 0 Å². The van der Waals surface area contributed by atoms with Gasteiger partial charge in [0.25, 0.3) is 0 Å². The summed E-state index contributed by atoms with van der Waals surface area (Å²) in [6.45, 7) is 14.4. The summed E-state index contributed by atoms with van der Waals surface area (Å²) < 4.78 is 0. The number of primary amides is 2. The Labute approximate surface area is 458 Å². The minimum Gasteiger partial charge on any atom is -0.370 e. The monoisotopic (exact) mass is 1100 g/mol. The molecule has 26 heteroatoms. The van der Waals surface area contributed by atoms with Gasteiger partial charge in [-0.1, -0.05) is 55.4 Å².